The van der Waals surface area contributed by atoms with E-state index in [-0.39, 0.29) is 24.2 Å². The van der Waals surface area contributed by atoms with Crippen LogP contribution in [0.5, 0.6) is 0 Å². The van der Waals surface area contributed by atoms with Crippen LogP contribution in [0.2, 0.25) is 0 Å². The highest BCUT2D eigenvalue weighted by molar-refractivity contribution is 9.09. The van der Waals surface area contributed by atoms with Gasteiger partial charge >= 0.3 is 11.9 Å². The van der Waals surface area contributed by atoms with Crippen molar-refractivity contribution >= 4 is 33.8 Å². The molecule has 0 fully saturated rings. The molecule has 0 aliphatic heterocycles. The van der Waals surface area contributed by atoms with Crippen molar-refractivity contribution in [3.8, 4) is 0 Å². The van der Waals surface area contributed by atoms with Gasteiger partial charge in [0.15, 0.2) is 0 Å². The summed E-state index contributed by atoms with van der Waals surface area (Å²) in [5, 5.41) is 0.0362. The molecule has 0 heterocycles. The van der Waals surface area contributed by atoms with Crippen LogP contribution in [0.15, 0.2) is 30.3 Å². The summed E-state index contributed by atoms with van der Waals surface area (Å²) in [7, 11) is 2.44. The van der Waals surface area contributed by atoms with Gasteiger partial charge in [0.05, 0.1) is 26.0 Å². The largest absolute Gasteiger partial charge is 0.469 e. The van der Waals surface area contributed by atoms with Crippen molar-refractivity contribution in [1.82, 2.24) is 4.90 Å². The number of hydrogen-bond acceptors (Lipinski definition) is 5. The first-order valence-electron chi connectivity index (χ1n) is 6.57. The number of nitrogens with zero attached hydrogens (tertiary/aromatic N) is 1. The van der Waals surface area contributed by atoms with Gasteiger partial charge in [0.1, 0.15) is 6.04 Å². The summed E-state index contributed by atoms with van der Waals surface area (Å²) in [6.07, 6.45) is -0.255. The standard InChI is InChI=1S/C15H18BrNO5/c1-21-14(19)8-12(15(20)22-2)17(13(18)9-16)10-11-6-4-3-5-7-11/h3-7,12H,8-10H2,1-2H3. The number of benzene rings is 1. The van der Waals surface area contributed by atoms with Crippen molar-refractivity contribution in [3.63, 3.8) is 0 Å². The zero-order valence-electron chi connectivity index (χ0n) is 12.5. The van der Waals surface area contributed by atoms with Crippen LogP contribution in [0.1, 0.15) is 12.0 Å². The fourth-order valence-corrected chi connectivity index (χ4v) is 2.25. The number of rotatable bonds is 7. The lowest BCUT2D eigenvalue weighted by molar-refractivity contribution is -0.157. The maximum absolute atomic E-state index is 12.2. The fourth-order valence-electron chi connectivity index (χ4n) is 1.93. The number of alkyl halides is 1. The first-order valence-corrected chi connectivity index (χ1v) is 7.69. The highest BCUT2D eigenvalue weighted by Gasteiger charge is 2.32. The Morgan fingerprint density at radius 2 is 1.77 bits per heavy atom. The lowest BCUT2D eigenvalue weighted by Gasteiger charge is -2.29. The van der Waals surface area contributed by atoms with Gasteiger partial charge in [-0.25, -0.2) is 4.79 Å². The van der Waals surface area contributed by atoms with E-state index in [2.05, 4.69) is 20.7 Å². The molecule has 1 atom stereocenters. The molecule has 120 valence electrons. The summed E-state index contributed by atoms with van der Waals surface area (Å²) in [5.74, 6) is -1.56. The zero-order valence-corrected chi connectivity index (χ0v) is 14.0. The molecule has 0 N–H and O–H groups in total. The average Bonchev–Trinajstić information content (AvgIpc) is 2.57. The van der Waals surface area contributed by atoms with Gasteiger partial charge in [-0.3, -0.25) is 9.59 Å². The van der Waals surface area contributed by atoms with Crippen molar-refractivity contribution in [3.05, 3.63) is 35.9 Å². The Labute approximate surface area is 137 Å². The molecule has 1 amide bonds. The van der Waals surface area contributed by atoms with Crippen LogP contribution in [-0.4, -0.2) is 48.3 Å². The third kappa shape index (κ3) is 5.14. The van der Waals surface area contributed by atoms with Crippen molar-refractivity contribution in [2.45, 2.75) is 19.0 Å². The van der Waals surface area contributed by atoms with Crippen LogP contribution >= 0.6 is 15.9 Å². The van der Waals surface area contributed by atoms with E-state index >= 15 is 0 Å². The Hall–Kier alpha value is -1.89. The predicted molar refractivity (Wildman–Crippen MR) is 83.2 cm³/mol. The molecule has 0 aliphatic rings. The van der Waals surface area contributed by atoms with Gasteiger partial charge in [0.25, 0.3) is 0 Å². The van der Waals surface area contributed by atoms with Gasteiger partial charge in [-0.15, -0.1) is 0 Å². The van der Waals surface area contributed by atoms with Gasteiger partial charge in [-0.1, -0.05) is 46.3 Å². The molecule has 6 nitrogen and oxygen atoms in total. The minimum Gasteiger partial charge on any atom is -0.469 e. The Balaban J connectivity index is 3.05. The van der Waals surface area contributed by atoms with Gasteiger partial charge in [-0.05, 0) is 5.56 Å². The number of carbonyl (C=O) groups excluding carboxylic acids is 3. The molecule has 1 unspecified atom stereocenters. The number of halogens is 1. The van der Waals surface area contributed by atoms with E-state index in [1.165, 1.54) is 19.1 Å². The number of esters is 2. The molecule has 1 aromatic rings. The second kappa shape index (κ2) is 9.19. The van der Waals surface area contributed by atoms with Crippen molar-refractivity contribution in [2.75, 3.05) is 19.5 Å². The molecule has 7 heteroatoms. The molecular weight excluding hydrogens is 354 g/mol. The van der Waals surface area contributed by atoms with E-state index in [4.69, 9.17) is 4.74 Å². The fraction of sp³-hybridized carbons (Fsp3) is 0.400. The van der Waals surface area contributed by atoms with E-state index < -0.39 is 18.0 Å². The molecule has 0 bridgehead atoms. The van der Waals surface area contributed by atoms with Crippen molar-refractivity contribution < 1.29 is 23.9 Å². The first kappa shape index (κ1) is 18.2. The third-order valence-electron chi connectivity index (χ3n) is 3.07. The van der Waals surface area contributed by atoms with Gasteiger partial charge < -0.3 is 14.4 Å². The molecule has 0 saturated carbocycles. The minimum atomic E-state index is -1.03. The second-order valence-electron chi connectivity index (χ2n) is 4.46. The predicted octanol–water partition coefficient (Wildman–Crippen LogP) is 1.51. The molecule has 22 heavy (non-hydrogen) atoms. The van der Waals surface area contributed by atoms with E-state index in [0.717, 1.165) is 5.56 Å². The lowest BCUT2D eigenvalue weighted by atomic mass is 10.1. The quantitative estimate of drug-likeness (QED) is 0.536. The molecule has 0 aromatic heterocycles. The van der Waals surface area contributed by atoms with Crippen LogP contribution in [0.3, 0.4) is 0 Å². The lowest BCUT2D eigenvalue weighted by Crippen LogP contribution is -2.47. The van der Waals surface area contributed by atoms with E-state index in [9.17, 15) is 14.4 Å². The maximum atomic E-state index is 12.2. The maximum Gasteiger partial charge on any atom is 0.329 e. The molecule has 0 radical (unpaired) electrons. The van der Waals surface area contributed by atoms with Crippen LogP contribution in [0.25, 0.3) is 0 Å². The number of methoxy groups -OCH3 is 2. The first-order chi connectivity index (χ1) is 10.5. The Morgan fingerprint density at radius 3 is 2.27 bits per heavy atom. The summed E-state index contributed by atoms with van der Waals surface area (Å²) in [4.78, 5) is 37.0. The average molecular weight is 372 g/mol. The summed E-state index contributed by atoms with van der Waals surface area (Å²) in [6.45, 7) is 0.196. The van der Waals surface area contributed by atoms with Crippen molar-refractivity contribution in [1.29, 1.82) is 0 Å². The molecule has 0 aliphatic carbocycles. The number of carbonyl (C=O) groups is 3. The highest BCUT2D eigenvalue weighted by atomic mass is 79.9. The van der Waals surface area contributed by atoms with E-state index in [1.54, 1.807) is 0 Å². The third-order valence-corrected chi connectivity index (χ3v) is 3.55. The van der Waals surface area contributed by atoms with Crippen LogP contribution < -0.4 is 0 Å². The summed E-state index contributed by atoms with van der Waals surface area (Å²) in [5.41, 5.74) is 0.843. The zero-order chi connectivity index (χ0) is 16.5. The van der Waals surface area contributed by atoms with Crippen LogP contribution in [0, 0.1) is 0 Å². The Kier molecular flexibility index (Phi) is 7.59. The summed E-state index contributed by atoms with van der Waals surface area (Å²) in [6, 6.07) is 8.16. The molecular formula is C15H18BrNO5. The monoisotopic (exact) mass is 371 g/mol. The van der Waals surface area contributed by atoms with Crippen LogP contribution in [-0.2, 0) is 30.4 Å². The van der Waals surface area contributed by atoms with E-state index in [0.29, 0.717) is 0 Å². The van der Waals surface area contributed by atoms with Gasteiger partial charge in [0.2, 0.25) is 5.91 Å². The number of ether oxygens (including phenoxy) is 2. The molecule has 1 rings (SSSR count). The van der Waals surface area contributed by atoms with Gasteiger partial charge in [-0.2, -0.15) is 0 Å². The molecule has 1 aromatic carbocycles. The van der Waals surface area contributed by atoms with Crippen LogP contribution in [0.4, 0.5) is 0 Å². The topological polar surface area (TPSA) is 72.9 Å². The van der Waals surface area contributed by atoms with Gasteiger partial charge in [0, 0.05) is 6.54 Å². The second-order valence-corrected chi connectivity index (χ2v) is 5.02. The summed E-state index contributed by atoms with van der Waals surface area (Å²) >= 11 is 3.09. The number of amides is 1. The Morgan fingerprint density at radius 1 is 1.14 bits per heavy atom. The smallest absolute Gasteiger partial charge is 0.329 e. The minimum absolute atomic E-state index is 0.0362. The highest BCUT2D eigenvalue weighted by Crippen LogP contribution is 2.14. The summed E-state index contributed by atoms with van der Waals surface area (Å²) < 4.78 is 9.31. The normalized spacial score (nSPS) is 11.4. The number of hydrogen-bond donors (Lipinski definition) is 0. The van der Waals surface area contributed by atoms with E-state index in [1.807, 2.05) is 30.3 Å². The Bertz CT molecular complexity index is 520. The SMILES string of the molecule is COC(=O)CC(C(=O)OC)N(Cc1ccccc1)C(=O)CBr. The van der Waals surface area contributed by atoms with Crippen molar-refractivity contribution in [2.24, 2.45) is 0 Å². The molecule has 0 saturated heterocycles. The molecule has 0 spiro atoms.